The van der Waals surface area contributed by atoms with Crippen LogP contribution in [0.25, 0.3) is 0 Å². The molecule has 1 aliphatic rings. The molecule has 2 nitrogen and oxygen atoms in total. The van der Waals surface area contributed by atoms with E-state index in [0.717, 1.165) is 0 Å². The highest BCUT2D eigenvalue weighted by Crippen LogP contribution is 2.65. The van der Waals surface area contributed by atoms with Crippen LogP contribution in [0.5, 0.6) is 0 Å². The van der Waals surface area contributed by atoms with Gasteiger partial charge in [-0.25, -0.2) is 13.2 Å². The number of rotatable bonds is 2. The van der Waals surface area contributed by atoms with Gasteiger partial charge in [0.05, 0.1) is 17.5 Å². The van der Waals surface area contributed by atoms with Crippen LogP contribution in [-0.4, -0.2) is 22.9 Å². The van der Waals surface area contributed by atoms with Crippen molar-refractivity contribution in [3.63, 3.8) is 0 Å². The van der Waals surface area contributed by atoms with Gasteiger partial charge in [-0.05, 0) is 0 Å². The number of hydrogen-bond donors (Lipinski definition) is 1. The molecular formula is C12H3F11O2. The Balaban J connectivity index is 3.06. The summed E-state index contributed by atoms with van der Waals surface area (Å²) < 4.78 is 149. The number of carboxylic acid groups (broad SMARTS) is 1. The maximum absolute atomic E-state index is 13.9. The summed E-state index contributed by atoms with van der Waals surface area (Å²) in [6.07, 6.45) is -1.90. The third kappa shape index (κ3) is 2.06. The molecule has 1 aliphatic carbocycles. The summed E-state index contributed by atoms with van der Waals surface area (Å²) in [5, 5.41) is 8.37. The van der Waals surface area contributed by atoms with Crippen molar-refractivity contribution in [1.82, 2.24) is 0 Å². The van der Waals surface area contributed by atoms with Crippen LogP contribution in [0.2, 0.25) is 0 Å². The van der Waals surface area contributed by atoms with Crippen molar-refractivity contribution >= 4 is 5.97 Å². The molecule has 0 bridgehead atoms. The van der Waals surface area contributed by atoms with E-state index in [2.05, 4.69) is 0 Å². The topological polar surface area (TPSA) is 37.3 Å². The Morgan fingerprint density at radius 1 is 0.720 bits per heavy atom. The third-order valence-corrected chi connectivity index (χ3v) is 3.55. The lowest BCUT2D eigenvalue weighted by Gasteiger charge is -2.43. The lowest BCUT2D eigenvalue weighted by molar-refractivity contribution is -0.387. The quantitative estimate of drug-likeness (QED) is 0.609. The fraction of sp³-hybridized carbons (Fsp3) is 0.417. The van der Waals surface area contributed by atoms with Gasteiger partial charge in [-0.1, -0.05) is 0 Å². The number of benzene rings is 1. The van der Waals surface area contributed by atoms with Crippen molar-refractivity contribution in [2.75, 3.05) is 0 Å². The second-order valence-corrected chi connectivity index (χ2v) is 5.04. The fourth-order valence-electron chi connectivity index (χ4n) is 2.31. The van der Waals surface area contributed by atoms with Gasteiger partial charge in [-0.2, -0.15) is 35.1 Å². The van der Waals surface area contributed by atoms with E-state index in [1.165, 1.54) is 0 Å². The van der Waals surface area contributed by atoms with Crippen molar-refractivity contribution in [2.45, 2.75) is 30.1 Å². The van der Waals surface area contributed by atoms with Crippen LogP contribution < -0.4 is 0 Å². The van der Waals surface area contributed by atoms with Gasteiger partial charge in [-0.15, -0.1) is 0 Å². The van der Waals surface area contributed by atoms with E-state index in [4.69, 9.17) is 5.11 Å². The van der Waals surface area contributed by atoms with Gasteiger partial charge in [0.1, 0.15) is 5.82 Å². The smallest absolute Gasteiger partial charge is 0.383 e. The van der Waals surface area contributed by atoms with Crippen molar-refractivity contribution in [1.29, 1.82) is 0 Å². The van der Waals surface area contributed by atoms with Crippen molar-refractivity contribution in [3.8, 4) is 0 Å². The molecule has 140 valence electrons. The van der Waals surface area contributed by atoms with Crippen LogP contribution >= 0.6 is 0 Å². The monoisotopic (exact) mass is 388 g/mol. The first kappa shape index (κ1) is 19.2. The lowest BCUT2D eigenvalue weighted by atomic mass is 9.78. The molecule has 25 heavy (non-hydrogen) atoms. The van der Waals surface area contributed by atoms with Crippen LogP contribution in [0, 0.1) is 17.5 Å². The van der Waals surface area contributed by atoms with Gasteiger partial charge >= 0.3 is 29.7 Å². The van der Waals surface area contributed by atoms with E-state index in [0.29, 0.717) is 0 Å². The number of hydrogen-bond acceptors (Lipinski definition) is 1. The average Bonchev–Trinajstić information content (AvgIpc) is 2.44. The number of alkyl halides is 8. The third-order valence-electron chi connectivity index (χ3n) is 3.55. The molecule has 0 saturated carbocycles. The molecule has 13 heteroatoms. The molecule has 0 saturated heterocycles. The highest BCUT2D eigenvalue weighted by atomic mass is 19.4. The molecule has 0 aromatic heterocycles. The first-order valence-electron chi connectivity index (χ1n) is 5.96. The summed E-state index contributed by atoms with van der Waals surface area (Å²) >= 11 is 0. The Bertz CT molecular complexity index is 769. The van der Waals surface area contributed by atoms with Gasteiger partial charge in [0.2, 0.25) is 0 Å². The fourth-order valence-corrected chi connectivity index (χ4v) is 2.31. The van der Waals surface area contributed by atoms with Gasteiger partial charge in [-0.3, -0.25) is 4.79 Å². The molecule has 1 aromatic rings. The zero-order chi connectivity index (χ0) is 19.7. The van der Waals surface area contributed by atoms with E-state index in [-0.39, 0.29) is 0 Å². The summed E-state index contributed by atoms with van der Waals surface area (Å²) in [6, 6.07) is 0. The Hall–Kier alpha value is -2.08. The second-order valence-electron chi connectivity index (χ2n) is 5.04. The normalized spacial score (nSPS) is 22.4. The van der Waals surface area contributed by atoms with Gasteiger partial charge < -0.3 is 5.11 Å². The molecule has 0 radical (unpaired) electrons. The molecule has 0 unspecified atom stereocenters. The van der Waals surface area contributed by atoms with E-state index in [1.807, 2.05) is 0 Å². The van der Waals surface area contributed by atoms with Gasteiger partial charge in [0.15, 0.2) is 11.6 Å². The Morgan fingerprint density at radius 2 is 1.08 bits per heavy atom. The molecule has 1 N–H and O–H groups in total. The summed E-state index contributed by atoms with van der Waals surface area (Å²) in [7, 11) is 0. The molecule has 1 aromatic carbocycles. The Kier molecular flexibility index (Phi) is 3.83. The maximum atomic E-state index is 13.9. The molecule has 2 rings (SSSR count). The first-order chi connectivity index (χ1) is 11.0. The largest absolute Gasteiger partial charge is 0.481 e. The predicted molar refractivity (Wildman–Crippen MR) is 55.3 cm³/mol. The highest BCUT2D eigenvalue weighted by molar-refractivity contribution is 5.71. The SMILES string of the molecule is O=C(O)Cc1c(F)c(F)c2c(c1F)C(F)(F)C(F)(F)C(F)(F)C2(F)F. The van der Waals surface area contributed by atoms with Crippen LogP contribution in [-0.2, 0) is 23.1 Å². The molecule has 0 heterocycles. The van der Waals surface area contributed by atoms with Crippen LogP contribution in [0.15, 0.2) is 0 Å². The minimum absolute atomic E-state index is 1.90. The van der Waals surface area contributed by atoms with Crippen molar-refractivity contribution < 1.29 is 58.2 Å². The standard InChI is InChI=1S/C12H3F11O2/c13-6-2(1-3(24)25)7(14)8(15)5-4(6)9(16,17)11(20,21)12(22,23)10(5,18)19/h1H2,(H,24,25). The first-order valence-corrected chi connectivity index (χ1v) is 5.96. The zero-order valence-electron chi connectivity index (χ0n) is 11.2. The van der Waals surface area contributed by atoms with Gasteiger partial charge in [0, 0.05) is 5.56 Å². The van der Waals surface area contributed by atoms with E-state index in [1.54, 1.807) is 0 Å². The Labute approximate surface area is 129 Å². The predicted octanol–water partition coefficient (Wildman–Crippen LogP) is 4.20. The summed E-state index contributed by atoms with van der Waals surface area (Å²) in [5.74, 6) is -37.7. The van der Waals surface area contributed by atoms with E-state index in [9.17, 15) is 53.1 Å². The van der Waals surface area contributed by atoms with Gasteiger partial charge in [0.25, 0.3) is 0 Å². The maximum Gasteiger partial charge on any atom is 0.383 e. The number of aliphatic carboxylic acids is 1. The lowest BCUT2D eigenvalue weighted by Crippen LogP contribution is -2.64. The van der Waals surface area contributed by atoms with Crippen molar-refractivity contribution in [2.24, 2.45) is 0 Å². The molecule has 0 spiro atoms. The van der Waals surface area contributed by atoms with Crippen LogP contribution in [0.4, 0.5) is 48.3 Å². The summed E-state index contributed by atoms with van der Waals surface area (Å²) in [5.41, 5.74) is -8.61. The summed E-state index contributed by atoms with van der Waals surface area (Å²) in [6.45, 7) is 0. The second kappa shape index (κ2) is 4.97. The van der Waals surface area contributed by atoms with Crippen LogP contribution in [0.1, 0.15) is 16.7 Å². The zero-order valence-corrected chi connectivity index (χ0v) is 11.2. The van der Waals surface area contributed by atoms with Crippen molar-refractivity contribution in [3.05, 3.63) is 34.1 Å². The molecular weight excluding hydrogens is 385 g/mol. The van der Waals surface area contributed by atoms with E-state index < -0.39 is 70.2 Å². The number of halogens is 11. The Morgan fingerprint density at radius 3 is 1.44 bits per heavy atom. The number of carbonyl (C=O) groups is 1. The minimum Gasteiger partial charge on any atom is -0.481 e. The molecule has 0 amide bonds. The molecule has 0 aliphatic heterocycles. The molecule has 0 fully saturated rings. The average molecular weight is 388 g/mol. The van der Waals surface area contributed by atoms with E-state index >= 15 is 0 Å². The summed E-state index contributed by atoms with van der Waals surface area (Å²) in [4.78, 5) is 10.4. The molecule has 0 atom stereocenters. The van der Waals surface area contributed by atoms with Crippen LogP contribution in [0.3, 0.4) is 0 Å². The highest BCUT2D eigenvalue weighted by Gasteiger charge is 2.86. The number of carboxylic acids is 1. The minimum atomic E-state index is -6.90. The number of fused-ring (bicyclic) bond motifs is 1.